The second-order valence-electron chi connectivity index (χ2n) is 6.35. The molecule has 0 atom stereocenters. The number of aliphatic hydroxyl groups is 1. The average molecular weight is 334 g/mol. The molecule has 1 saturated heterocycles. The Kier molecular flexibility index (Phi) is 3.29. The van der Waals surface area contributed by atoms with Crippen molar-refractivity contribution >= 4 is 10.0 Å². The lowest BCUT2D eigenvalue weighted by molar-refractivity contribution is -0.0765. The highest BCUT2D eigenvalue weighted by Crippen LogP contribution is 2.46. The molecule has 2 aromatic rings. The van der Waals surface area contributed by atoms with Gasteiger partial charge in [0.2, 0.25) is 10.0 Å². The zero-order chi connectivity index (χ0) is 16.1. The Morgan fingerprint density at radius 1 is 1.26 bits per heavy atom. The first-order valence-electron chi connectivity index (χ1n) is 7.62. The van der Waals surface area contributed by atoms with Crippen LogP contribution < -0.4 is 0 Å². The standard InChI is InChI=1S/C15H18N4O3S/c20-15(13-5-6-13)8-19(9-15)23(21,22)14-4-2-1-3-12(14)7-18-11-16-10-17-18/h1-4,10-11,13,20H,5-9H2. The van der Waals surface area contributed by atoms with Gasteiger partial charge >= 0.3 is 0 Å². The van der Waals surface area contributed by atoms with E-state index in [1.807, 2.05) is 6.07 Å². The molecule has 1 aliphatic carbocycles. The highest BCUT2D eigenvalue weighted by Gasteiger charge is 2.55. The summed E-state index contributed by atoms with van der Waals surface area (Å²) in [5, 5.41) is 14.4. The molecule has 7 nitrogen and oxygen atoms in total. The summed E-state index contributed by atoms with van der Waals surface area (Å²) in [6, 6.07) is 6.91. The minimum atomic E-state index is -3.60. The number of benzene rings is 1. The van der Waals surface area contributed by atoms with Crippen molar-refractivity contribution < 1.29 is 13.5 Å². The molecule has 0 unspecified atom stereocenters. The van der Waals surface area contributed by atoms with Gasteiger partial charge in [0.25, 0.3) is 0 Å². The highest BCUT2D eigenvalue weighted by atomic mass is 32.2. The number of nitrogens with zero attached hydrogens (tertiary/aromatic N) is 4. The van der Waals surface area contributed by atoms with E-state index < -0.39 is 15.6 Å². The molecule has 1 aromatic heterocycles. The molecule has 0 spiro atoms. The van der Waals surface area contributed by atoms with Crippen LogP contribution in [-0.4, -0.2) is 51.3 Å². The van der Waals surface area contributed by atoms with Crippen LogP contribution in [0.25, 0.3) is 0 Å². The summed E-state index contributed by atoms with van der Waals surface area (Å²) in [6.45, 7) is 0.728. The summed E-state index contributed by atoms with van der Waals surface area (Å²) < 4.78 is 28.7. The van der Waals surface area contributed by atoms with Gasteiger partial charge < -0.3 is 5.11 Å². The van der Waals surface area contributed by atoms with Crippen molar-refractivity contribution in [2.75, 3.05) is 13.1 Å². The molecule has 2 aliphatic rings. The zero-order valence-electron chi connectivity index (χ0n) is 12.5. The molecule has 2 fully saturated rings. The second kappa shape index (κ2) is 5.12. The van der Waals surface area contributed by atoms with Crippen LogP contribution in [0.1, 0.15) is 18.4 Å². The maximum atomic E-state index is 12.9. The van der Waals surface area contributed by atoms with Gasteiger partial charge in [-0.05, 0) is 30.4 Å². The summed E-state index contributed by atoms with van der Waals surface area (Å²) in [6.07, 6.45) is 4.96. The Morgan fingerprint density at radius 3 is 2.65 bits per heavy atom. The number of β-amino-alcohol motifs (C(OH)–C–C–N with tert-alkyl or cyclic N) is 1. The van der Waals surface area contributed by atoms with E-state index >= 15 is 0 Å². The quantitative estimate of drug-likeness (QED) is 0.859. The first-order valence-corrected chi connectivity index (χ1v) is 9.06. The first-order chi connectivity index (χ1) is 11.0. The van der Waals surface area contributed by atoms with Crippen LogP contribution in [0, 0.1) is 5.92 Å². The molecule has 1 aliphatic heterocycles. The van der Waals surface area contributed by atoms with E-state index in [-0.39, 0.29) is 23.9 Å². The Bertz CT molecular complexity index is 809. The minimum absolute atomic E-state index is 0.192. The fourth-order valence-corrected chi connectivity index (χ4v) is 4.91. The van der Waals surface area contributed by atoms with E-state index in [2.05, 4.69) is 10.1 Å². The van der Waals surface area contributed by atoms with Crippen molar-refractivity contribution in [1.82, 2.24) is 19.1 Å². The van der Waals surface area contributed by atoms with E-state index in [9.17, 15) is 13.5 Å². The van der Waals surface area contributed by atoms with Crippen molar-refractivity contribution in [2.45, 2.75) is 29.9 Å². The smallest absolute Gasteiger partial charge is 0.243 e. The summed E-state index contributed by atoms with van der Waals surface area (Å²) in [5.74, 6) is 0.263. The van der Waals surface area contributed by atoms with Gasteiger partial charge in [-0.15, -0.1) is 0 Å². The topological polar surface area (TPSA) is 88.3 Å². The number of sulfonamides is 1. The molecule has 23 heavy (non-hydrogen) atoms. The van der Waals surface area contributed by atoms with Crippen molar-refractivity contribution in [1.29, 1.82) is 0 Å². The van der Waals surface area contributed by atoms with Crippen LogP contribution >= 0.6 is 0 Å². The summed E-state index contributed by atoms with van der Waals surface area (Å²) in [5.41, 5.74) is -0.159. The summed E-state index contributed by atoms with van der Waals surface area (Å²) in [4.78, 5) is 4.15. The van der Waals surface area contributed by atoms with Gasteiger partial charge in [0.05, 0.1) is 17.0 Å². The lowest BCUT2D eigenvalue weighted by Gasteiger charge is -2.45. The summed E-state index contributed by atoms with van der Waals surface area (Å²) >= 11 is 0. The zero-order valence-corrected chi connectivity index (χ0v) is 13.4. The molecule has 1 N–H and O–H groups in total. The predicted molar refractivity (Wildman–Crippen MR) is 82.0 cm³/mol. The second-order valence-corrected chi connectivity index (χ2v) is 8.26. The lowest BCUT2D eigenvalue weighted by atomic mass is 9.91. The van der Waals surface area contributed by atoms with E-state index in [1.165, 1.54) is 10.6 Å². The van der Waals surface area contributed by atoms with E-state index in [0.29, 0.717) is 12.1 Å². The molecule has 122 valence electrons. The number of rotatable bonds is 5. The Balaban J connectivity index is 1.59. The van der Waals surface area contributed by atoms with Crippen LogP contribution in [0.2, 0.25) is 0 Å². The van der Waals surface area contributed by atoms with Crippen LogP contribution in [0.3, 0.4) is 0 Å². The molecule has 8 heteroatoms. The SMILES string of the molecule is O=S(=O)(c1ccccc1Cn1cncn1)N1CC(O)(C2CC2)C1. The van der Waals surface area contributed by atoms with E-state index in [0.717, 1.165) is 12.8 Å². The fourth-order valence-electron chi connectivity index (χ4n) is 3.13. The van der Waals surface area contributed by atoms with Crippen LogP contribution in [-0.2, 0) is 16.6 Å². The number of hydrogen-bond donors (Lipinski definition) is 1. The molecular formula is C15H18N4O3S. The van der Waals surface area contributed by atoms with Crippen molar-refractivity contribution in [3.8, 4) is 0 Å². The van der Waals surface area contributed by atoms with Gasteiger partial charge in [-0.25, -0.2) is 18.1 Å². The third kappa shape index (κ3) is 2.56. The molecule has 1 saturated carbocycles. The Morgan fingerprint density at radius 2 is 2.00 bits per heavy atom. The molecule has 0 radical (unpaired) electrons. The van der Waals surface area contributed by atoms with Crippen molar-refractivity contribution in [3.05, 3.63) is 42.5 Å². The third-order valence-corrected chi connectivity index (χ3v) is 6.52. The molecule has 2 heterocycles. The Labute approximate surface area is 134 Å². The van der Waals surface area contributed by atoms with Crippen LogP contribution in [0.5, 0.6) is 0 Å². The Hall–Kier alpha value is -1.77. The lowest BCUT2D eigenvalue weighted by Crippen LogP contribution is -2.64. The molecule has 1 aromatic carbocycles. The van der Waals surface area contributed by atoms with Gasteiger partial charge in [0, 0.05) is 13.1 Å². The first kappa shape index (κ1) is 14.8. The summed E-state index contributed by atoms with van der Waals surface area (Å²) in [7, 11) is -3.60. The molecular weight excluding hydrogens is 316 g/mol. The normalized spacial score (nSPS) is 21.1. The molecule has 4 rings (SSSR count). The maximum absolute atomic E-state index is 12.9. The third-order valence-electron chi connectivity index (χ3n) is 4.63. The van der Waals surface area contributed by atoms with Gasteiger partial charge in [-0.1, -0.05) is 18.2 Å². The van der Waals surface area contributed by atoms with E-state index in [1.54, 1.807) is 29.2 Å². The van der Waals surface area contributed by atoms with Crippen molar-refractivity contribution in [2.24, 2.45) is 5.92 Å². The van der Waals surface area contributed by atoms with Crippen LogP contribution in [0.15, 0.2) is 41.8 Å². The van der Waals surface area contributed by atoms with E-state index in [4.69, 9.17) is 0 Å². The molecule has 0 amide bonds. The monoisotopic (exact) mass is 334 g/mol. The van der Waals surface area contributed by atoms with Crippen molar-refractivity contribution in [3.63, 3.8) is 0 Å². The largest absolute Gasteiger partial charge is 0.387 e. The maximum Gasteiger partial charge on any atom is 0.243 e. The number of aromatic nitrogens is 3. The highest BCUT2D eigenvalue weighted by molar-refractivity contribution is 7.89. The van der Waals surface area contributed by atoms with Gasteiger partial charge in [0.1, 0.15) is 12.7 Å². The molecule has 0 bridgehead atoms. The van der Waals surface area contributed by atoms with Gasteiger partial charge in [-0.3, -0.25) is 0 Å². The fraction of sp³-hybridized carbons (Fsp3) is 0.467. The van der Waals surface area contributed by atoms with Crippen LogP contribution in [0.4, 0.5) is 0 Å². The van der Waals surface area contributed by atoms with Gasteiger partial charge in [-0.2, -0.15) is 9.40 Å². The predicted octanol–water partition coefficient (Wildman–Crippen LogP) is 0.472. The minimum Gasteiger partial charge on any atom is -0.387 e. The van der Waals surface area contributed by atoms with Gasteiger partial charge in [0.15, 0.2) is 0 Å². The average Bonchev–Trinajstić information content (AvgIpc) is 3.23. The number of hydrogen-bond acceptors (Lipinski definition) is 5.